The number of hydrogen-bond donors (Lipinski definition) is 1. The van der Waals surface area contributed by atoms with Gasteiger partial charge in [0.2, 0.25) is 0 Å². The van der Waals surface area contributed by atoms with E-state index >= 15 is 0 Å². The van der Waals surface area contributed by atoms with Gasteiger partial charge in [-0.25, -0.2) is 19.9 Å². The van der Waals surface area contributed by atoms with Crippen LogP contribution in [0.4, 0.5) is 11.6 Å². The van der Waals surface area contributed by atoms with Crippen LogP contribution in [0.15, 0.2) is 120 Å². The van der Waals surface area contributed by atoms with Crippen LogP contribution in [0.5, 0.6) is 0 Å². The fourth-order valence-electron chi connectivity index (χ4n) is 4.86. The summed E-state index contributed by atoms with van der Waals surface area (Å²) in [6.45, 7) is 0. The fourth-order valence-corrected chi connectivity index (χ4v) is 5.12. The Morgan fingerprint density at radius 1 is 0.436 bits per heavy atom. The lowest BCUT2D eigenvalue weighted by atomic mass is 10.0. The van der Waals surface area contributed by atoms with E-state index in [4.69, 9.17) is 19.9 Å². The lowest BCUT2D eigenvalue weighted by Gasteiger charge is -2.23. The minimum absolute atomic E-state index is 0.533. The third kappa shape index (κ3) is 4.49. The van der Waals surface area contributed by atoms with E-state index in [0.29, 0.717) is 18.1 Å². The molecule has 0 saturated heterocycles. The summed E-state index contributed by atoms with van der Waals surface area (Å²) in [4.78, 5) is 20.5. The minimum Gasteiger partial charge on any atom is -0.322 e. The second-order valence-electron chi connectivity index (χ2n) is 9.34. The number of benzene rings is 4. The molecule has 1 N–H and O–H groups in total. The zero-order chi connectivity index (χ0) is 26.2. The molecule has 0 amide bonds. The normalized spacial score (nSPS) is 11.8. The first-order valence-corrected chi connectivity index (χ1v) is 13.5. The van der Waals surface area contributed by atoms with Crippen molar-refractivity contribution in [2.45, 2.75) is 6.42 Å². The number of rotatable bonds is 4. The van der Waals surface area contributed by atoms with Crippen molar-refractivity contribution in [3.05, 3.63) is 131 Å². The molecule has 0 saturated carbocycles. The van der Waals surface area contributed by atoms with Crippen LogP contribution >= 0.6 is 15.9 Å². The van der Waals surface area contributed by atoms with Gasteiger partial charge in [0.25, 0.3) is 0 Å². The first-order chi connectivity index (χ1) is 19.2. The maximum Gasteiger partial charge on any atom is 0.154 e. The Morgan fingerprint density at radius 2 is 0.795 bits per heavy atom. The molecule has 4 aromatic carbocycles. The zero-order valence-electron chi connectivity index (χ0n) is 20.8. The molecule has 0 radical (unpaired) electrons. The number of nitrogens with one attached hydrogen (secondary N) is 1. The van der Waals surface area contributed by atoms with Gasteiger partial charge in [0.05, 0.1) is 34.2 Å². The number of aromatic nitrogens is 4. The van der Waals surface area contributed by atoms with Gasteiger partial charge in [-0.2, -0.15) is 0 Å². The average molecular weight is 568 g/mol. The highest BCUT2D eigenvalue weighted by Gasteiger charge is 2.26. The number of anilines is 2. The standard InChI is InChI=1S/C33H22BrN5/c34-25-18-16-24(17-19-25)29-31(23-14-8-3-9-15-23)38-33-27(36-29)20-26-32(39-33)37-30(22-12-6-2-7-13-22)28(35-26)21-10-4-1-5-11-21/h1-19H,20H2,(H,37,38,39). The lowest BCUT2D eigenvalue weighted by molar-refractivity contribution is 0.953. The van der Waals surface area contributed by atoms with Crippen molar-refractivity contribution in [3.8, 4) is 45.0 Å². The van der Waals surface area contributed by atoms with E-state index in [9.17, 15) is 0 Å². The summed E-state index contributed by atoms with van der Waals surface area (Å²) in [5.41, 5.74) is 9.11. The molecule has 0 atom stereocenters. The fraction of sp³-hybridized carbons (Fsp3) is 0.0303. The summed E-state index contributed by atoms with van der Waals surface area (Å²) in [5.74, 6) is 1.42. The van der Waals surface area contributed by atoms with Crippen LogP contribution in [0.2, 0.25) is 0 Å². The number of nitrogens with zero attached hydrogens (tertiary/aromatic N) is 4. The summed E-state index contributed by atoms with van der Waals surface area (Å²) in [7, 11) is 0. The molecule has 5 nitrogen and oxygen atoms in total. The third-order valence-corrected chi connectivity index (χ3v) is 7.30. The van der Waals surface area contributed by atoms with E-state index < -0.39 is 0 Å². The second kappa shape index (κ2) is 9.89. The van der Waals surface area contributed by atoms with Crippen LogP contribution < -0.4 is 5.32 Å². The van der Waals surface area contributed by atoms with Crippen molar-refractivity contribution < 1.29 is 0 Å². The number of halogens is 1. The quantitative estimate of drug-likeness (QED) is 0.231. The molecule has 0 fully saturated rings. The highest BCUT2D eigenvalue weighted by Crippen LogP contribution is 2.38. The molecule has 0 bridgehead atoms. The van der Waals surface area contributed by atoms with Crippen molar-refractivity contribution >= 4 is 27.6 Å². The first kappa shape index (κ1) is 23.4. The molecule has 186 valence electrons. The van der Waals surface area contributed by atoms with E-state index in [1.165, 1.54) is 0 Å². The molecular weight excluding hydrogens is 546 g/mol. The van der Waals surface area contributed by atoms with Gasteiger partial charge in [0.1, 0.15) is 0 Å². The van der Waals surface area contributed by atoms with Crippen LogP contribution in [0.3, 0.4) is 0 Å². The molecule has 1 aliphatic rings. The Kier molecular flexibility index (Phi) is 5.94. The van der Waals surface area contributed by atoms with Gasteiger partial charge in [-0.3, -0.25) is 0 Å². The van der Waals surface area contributed by atoms with E-state index in [0.717, 1.165) is 60.9 Å². The van der Waals surface area contributed by atoms with Crippen molar-refractivity contribution in [1.29, 1.82) is 0 Å². The largest absolute Gasteiger partial charge is 0.322 e. The van der Waals surface area contributed by atoms with Gasteiger partial charge >= 0.3 is 0 Å². The van der Waals surface area contributed by atoms with Crippen molar-refractivity contribution in [2.75, 3.05) is 5.32 Å². The predicted molar refractivity (Wildman–Crippen MR) is 160 cm³/mol. The number of fused-ring (bicyclic) bond motifs is 2. The molecular formula is C33H22BrN5. The Labute approximate surface area is 234 Å². The topological polar surface area (TPSA) is 63.6 Å². The summed E-state index contributed by atoms with van der Waals surface area (Å²) >= 11 is 3.55. The Balaban J connectivity index is 1.39. The lowest BCUT2D eigenvalue weighted by Crippen LogP contribution is -2.16. The average Bonchev–Trinajstić information content (AvgIpc) is 3.00. The molecule has 3 heterocycles. The molecule has 1 aliphatic heterocycles. The molecule has 0 unspecified atom stereocenters. The van der Waals surface area contributed by atoms with Gasteiger partial charge in [-0.1, -0.05) is 119 Å². The summed E-state index contributed by atoms with van der Waals surface area (Å²) in [6, 6.07) is 38.8. The van der Waals surface area contributed by atoms with Crippen LogP contribution in [-0.4, -0.2) is 19.9 Å². The van der Waals surface area contributed by atoms with E-state index in [-0.39, 0.29) is 0 Å². The molecule has 6 aromatic rings. The highest BCUT2D eigenvalue weighted by molar-refractivity contribution is 9.10. The maximum absolute atomic E-state index is 5.16. The van der Waals surface area contributed by atoms with Gasteiger partial charge in [0, 0.05) is 33.1 Å². The maximum atomic E-state index is 5.16. The SMILES string of the molecule is Brc1ccc(-c2nc3c(nc2-c2ccccc2)Nc2nc(-c4ccccc4)c(-c4ccccc4)nc2C3)cc1. The van der Waals surface area contributed by atoms with E-state index in [2.05, 4.69) is 69.8 Å². The van der Waals surface area contributed by atoms with Crippen molar-refractivity contribution in [2.24, 2.45) is 0 Å². The monoisotopic (exact) mass is 567 g/mol. The van der Waals surface area contributed by atoms with Crippen molar-refractivity contribution in [3.63, 3.8) is 0 Å². The molecule has 7 rings (SSSR count). The third-order valence-electron chi connectivity index (χ3n) is 6.77. The van der Waals surface area contributed by atoms with Crippen LogP contribution in [-0.2, 0) is 6.42 Å². The van der Waals surface area contributed by atoms with E-state index in [1.54, 1.807) is 0 Å². The molecule has 39 heavy (non-hydrogen) atoms. The van der Waals surface area contributed by atoms with Crippen LogP contribution in [0.1, 0.15) is 11.4 Å². The van der Waals surface area contributed by atoms with Gasteiger partial charge in [0.15, 0.2) is 11.6 Å². The smallest absolute Gasteiger partial charge is 0.154 e. The molecule has 2 aromatic heterocycles. The van der Waals surface area contributed by atoms with Crippen LogP contribution in [0, 0.1) is 0 Å². The Hall–Kier alpha value is -4.68. The van der Waals surface area contributed by atoms with Crippen LogP contribution in [0.25, 0.3) is 45.0 Å². The highest BCUT2D eigenvalue weighted by atomic mass is 79.9. The Bertz CT molecular complexity index is 1790. The summed E-state index contributed by atoms with van der Waals surface area (Å²) < 4.78 is 1.02. The van der Waals surface area contributed by atoms with Gasteiger partial charge in [-0.05, 0) is 12.1 Å². The molecule has 6 heteroatoms. The van der Waals surface area contributed by atoms with Gasteiger partial charge < -0.3 is 5.32 Å². The summed E-state index contributed by atoms with van der Waals surface area (Å²) in [6.07, 6.45) is 0.533. The van der Waals surface area contributed by atoms with Gasteiger partial charge in [-0.15, -0.1) is 0 Å². The van der Waals surface area contributed by atoms with Crippen molar-refractivity contribution in [1.82, 2.24) is 19.9 Å². The summed E-state index contributed by atoms with van der Waals surface area (Å²) in [5, 5.41) is 3.47. The number of hydrogen-bond acceptors (Lipinski definition) is 5. The zero-order valence-corrected chi connectivity index (χ0v) is 22.4. The Morgan fingerprint density at radius 3 is 1.21 bits per heavy atom. The minimum atomic E-state index is 0.533. The predicted octanol–water partition coefficient (Wildman–Crippen LogP) is 8.34. The first-order valence-electron chi connectivity index (χ1n) is 12.7. The molecule has 0 aliphatic carbocycles. The second-order valence-corrected chi connectivity index (χ2v) is 10.3. The molecule has 0 spiro atoms. The van der Waals surface area contributed by atoms with E-state index in [1.807, 2.05) is 66.7 Å².